The molecule has 1 amide bonds. The summed E-state index contributed by atoms with van der Waals surface area (Å²) in [6.45, 7) is 4.73. The Kier molecular flexibility index (Phi) is 7.19. The van der Waals surface area contributed by atoms with Crippen LogP contribution in [0.3, 0.4) is 0 Å². The molecule has 3 aliphatic heterocycles. The summed E-state index contributed by atoms with van der Waals surface area (Å²) in [7, 11) is 4.09. The van der Waals surface area contributed by atoms with E-state index >= 15 is 0 Å². The first-order valence-corrected chi connectivity index (χ1v) is 12.3. The highest BCUT2D eigenvalue weighted by Crippen LogP contribution is 2.38. The van der Waals surface area contributed by atoms with E-state index in [1.54, 1.807) is 30.9 Å². The summed E-state index contributed by atoms with van der Waals surface area (Å²) in [5.74, 6) is -0.135. The molecule has 0 radical (unpaired) electrons. The van der Waals surface area contributed by atoms with E-state index in [2.05, 4.69) is 10.2 Å². The van der Waals surface area contributed by atoms with Gasteiger partial charge in [-0.15, -0.1) is 0 Å². The van der Waals surface area contributed by atoms with Gasteiger partial charge in [-0.1, -0.05) is 23.2 Å². The third-order valence-electron chi connectivity index (χ3n) is 7.09. The van der Waals surface area contributed by atoms with Gasteiger partial charge in [0.15, 0.2) is 0 Å². The number of alkyl halides is 3. The number of hydrogen-bond acceptors (Lipinski definition) is 4. The Hall–Kier alpha value is -2.16. The maximum Gasteiger partial charge on any atom is 0.417 e. The molecule has 3 heterocycles. The maximum absolute atomic E-state index is 13.3. The van der Waals surface area contributed by atoms with Crippen LogP contribution in [0.1, 0.15) is 42.6 Å². The van der Waals surface area contributed by atoms with Gasteiger partial charge in [0.1, 0.15) is 6.17 Å². The molecule has 1 saturated heterocycles. The Morgan fingerprint density at radius 1 is 1.17 bits per heavy atom. The number of amides is 1. The van der Waals surface area contributed by atoms with Gasteiger partial charge in [0.25, 0.3) is 5.91 Å². The van der Waals surface area contributed by atoms with Crippen molar-refractivity contribution in [3.63, 3.8) is 0 Å². The van der Waals surface area contributed by atoms with E-state index in [0.29, 0.717) is 52.2 Å². The molecule has 1 fully saturated rings. The highest BCUT2D eigenvalue weighted by Gasteiger charge is 2.39. The molecule has 1 unspecified atom stereocenters. The summed E-state index contributed by atoms with van der Waals surface area (Å²) >= 11 is 13.2. The van der Waals surface area contributed by atoms with Gasteiger partial charge in [0.05, 0.1) is 16.2 Å². The van der Waals surface area contributed by atoms with Gasteiger partial charge in [0.2, 0.25) is 0 Å². The number of fused-ring (bicyclic) bond motifs is 1. The number of rotatable bonds is 4. The molecule has 4 rings (SSSR count). The zero-order valence-electron chi connectivity index (χ0n) is 20.1. The second kappa shape index (κ2) is 9.71. The van der Waals surface area contributed by atoms with E-state index in [4.69, 9.17) is 23.2 Å². The molecule has 0 spiro atoms. The summed E-state index contributed by atoms with van der Waals surface area (Å²) in [5, 5.41) is 3.99. The molecule has 5 nitrogen and oxygen atoms in total. The topological polar surface area (TPSA) is 38.8 Å². The third kappa shape index (κ3) is 5.06. The van der Waals surface area contributed by atoms with Crippen molar-refractivity contribution < 1.29 is 18.0 Å². The van der Waals surface area contributed by atoms with Crippen LogP contribution in [-0.4, -0.2) is 66.2 Å². The van der Waals surface area contributed by atoms with E-state index in [1.807, 2.05) is 19.0 Å². The predicted octanol–water partition coefficient (Wildman–Crippen LogP) is 5.57. The highest BCUT2D eigenvalue weighted by atomic mass is 35.5. The number of allylic oxidation sites excluding steroid dienone is 4. The molecule has 190 valence electrons. The lowest BCUT2D eigenvalue weighted by Gasteiger charge is -2.35. The van der Waals surface area contributed by atoms with E-state index in [0.717, 1.165) is 25.1 Å². The van der Waals surface area contributed by atoms with Gasteiger partial charge >= 0.3 is 6.18 Å². The van der Waals surface area contributed by atoms with Crippen molar-refractivity contribution in [1.29, 1.82) is 0 Å². The van der Waals surface area contributed by atoms with Crippen LogP contribution in [0.5, 0.6) is 0 Å². The van der Waals surface area contributed by atoms with Crippen LogP contribution in [0.2, 0.25) is 10.0 Å². The molecule has 0 saturated carbocycles. The molecule has 35 heavy (non-hydrogen) atoms. The summed E-state index contributed by atoms with van der Waals surface area (Å²) < 4.78 is 40.0. The average Bonchev–Trinajstić information content (AvgIpc) is 3.11. The Bertz CT molecular complexity index is 1120. The van der Waals surface area contributed by atoms with Crippen LogP contribution in [0.4, 0.5) is 13.2 Å². The zero-order chi connectivity index (χ0) is 25.7. The van der Waals surface area contributed by atoms with Crippen molar-refractivity contribution in [2.75, 3.05) is 27.2 Å². The van der Waals surface area contributed by atoms with Crippen molar-refractivity contribution in [2.24, 2.45) is 0 Å². The van der Waals surface area contributed by atoms with E-state index in [9.17, 15) is 18.0 Å². The Morgan fingerprint density at radius 2 is 1.83 bits per heavy atom. The quantitative estimate of drug-likeness (QED) is 0.554. The number of nitrogens with one attached hydrogen (secondary N) is 1. The number of piperidine rings is 1. The van der Waals surface area contributed by atoms with Crippen molar-refractivity contribution >= 4 is 29.1 Å². The number of carbonyl (C=O) groups is 1. The Morgan fingerprint density at radius 3 is 2.43 bits per heavy atom. The molecule has 3 aliphatic rings. The van der Waals surface area contributed by atoms with Crippen LogP contribution in [0, 0.1) is 0 Å². The summed E-state index contributed by atoms with van der Waals surface area (Å²) in [4.78, 5) is 18.8. The smallest absolute Gasteiger partial charge is 0.363 e. The first kappa shape index (κ1) is 25.9. The predicted molar refractivity (Wildman–Crippen MR) is 132 cm³/mol. The molecule has 1 atom stereocenters. The molecular formula is C25H29Cl2F3N4O. The fourth-order valence-corrected chi connectivity index (χ4v) is 5.48. The number of likely N-dealkylation sites (tertiary alicyclic amines) is 1. The van der Waals surface area contributed by atoms with Crippen LogP contribution in [-0.2, 0) is 6.42 Å². The standard InChI is InChI=1S/C25H29Cl2F3N4O/c1-14-11-16(25(28,29)30)13-34-15(2)21(31-23(14)34)12-19-20(26)6-5-18(22(19)27)24(35)33-9-7-17(8-10-33)32(3)4/h5-6,11,13,17,23,31H,7-10,12H2,1-4H3. The SMILES string of the molecule is CC1=CC(C(F)(F)F)=CN2C(C)=C(Cc3c(Cl)ccc(C(=O)N4CCC(N(C)C)CC4)c3Cl)NC12. The second-order valence-corrected chi connectivity index (χ2v) is 10.3. The number of carbonyl (C=O) groups excluding carboxylic acids is 1. The molecule has 1 aromatic rings. The Labute approximate surface area is 213 Å². The van der Waals surface area contributed by atoms with Crippen molar-refractivity contribution in [2.45, 2.75) is 51.5 Å². The average molecular weight is 529 g/mol. The monoisotopic (exact) mass is 528 g/mol. The van der Waals surface area contributed by atoms with Crippen LogP contribution < -0.4 is 5.32 Å². The highest BCUT2D eigenvalue weighted by molar-refractivity contribution is 6.38. The minimum atomic E-state index is -4.43. The summed E-state index contributed by atoms with van der Waals surface area (Å²) in [5.41, 5.74) is 2.18. The van der Waals surface area contributed by atoms with E-state index < -0.39 is 17.9 Å². The van der Waals surface area contributed by atoms with Gasteiger partial charge in [-0.25, -0.2) is 0 Å². The van der Waals surface area contributed by atoms with Gasteiger partial charge in [-0.2, -0.15) is 13.2 Å². The van der Waals surface area contributed by atoms with Crippen LogP contribution >= 0.6 is 23.2 Å². The van der Waals surface area contributed by atoms with Gasteiger partial charge < -0.3 is 20.0 Å². The van der Waals surface area contributed by atoms with Crippen LogP contribution in [0.25, 0.3) is 0 Å². The van der Waals surface area contributed by atoms with Crippen molar-refractivity contribution in [1.82, 2.24) is 20.0 Å². The largest absolute Gasteiger partial charge is 0.417 e. The molecule has 0 aliphatic carbocycles. The second-order valence-electron chi connectivity index (χ2n) is 9.54. The lowest BCUT2D eigenvalue weighted by atomic mass is 10.0. The maximum atomic E-state index is 13.3. The third-order valence-corrected chi connectivity index (χ3v) is 7.87. The van der Waals surface area contributed by atoms with Gasteiger partial charge in [-0.3, -0.25) is 4.79 Å². The van der Waals surface area contributed by atoms with Crippen molar-refractivity contribution in [3.8, 4) is 0 Å². The minimum Gasteiger partial charge on any atom is -0.363 e. The first-order chi connectivity index (χ1) is 16.4. The molecule has 0 bridgehead atoms. The number of halogens is 5. The van der Waals surface area contributed by atoms with Gasteiger partial charge in [-0.05, 0) is 70.1 Å². The summed E-state index contributed by atoms with van der Waals surface area (Å²) in [6, 6.07) is 3.75. The molecule has 10 heteroatoms. The number of benzene rings is 1. The minimum absolute atomic E-state index is 0.135. The lowest BCUT2D eigenvalue weighted by Crippen LogP contribution is -2.44. The van der Waals surface area contributed by atoms with E-state index in [1.165, 1.54) is 0 Å². The number of nitrogens with zero attached hydrogens (tertiary/aromatic N) is 3. The number of hydrogen-bond donors (Lipinski definition) is 1. The van der Waals surface area contributed by atoms with Crippen LogP contribution in [0.15, 0.2) is 46.9 Å². The molecule has 1 N–H and O–H groups in total. The van der Waals surface area contributed by atoms with Gasteiger partial charge in [0, 0.05) is 48.2 Å². The zero-order valence-corrected chi connectivity index (χ0v) is 21.7. The Balaban J connectivity index is 1.58. The van der Waals surface area contributed by atoms with Crippen molar-refractivity contribution in [3.05, 3.63) is 68.1 Å². The molecular weight excluding hydrogens is 500 g/mol. The van der Waals surface area contributed by atoms with E-state index in [-0.39, 0.29) is 17.4 Å². The fourth-order valence-electron chi connectivity index (χ4n) is 4.90. The lowest BCUT2D eigenvalue weighted by molar-refractivity contribution is -0.0897. The normalized spacial score (nSPS) is 21.3. The molecule has 0 aromatic heterocycles. The fraction of sp³-hybridized carbons (Fsp3) is 0.480. The molecule has 1 aromatic carbocycles. The summed E-state index contributed by atoms with van der Waals surface area (Å²) in [6.07, 6.45) is -0.512. The first-order valence-electron chi connectivity index (χ1n) is 11.5.